The van der Waals surface area contributed by atoms with Gasteiger partial charge in [-0.25, -0.2) is 0 Å². The fourth-order valence-electron chi connectivity index (χ4n) is 3.79. The van der Waals surface area contributed by atoms with Crippen LogP contribution in [0.1, 0.15) is 0 Å². The highest BCUT2D eigenvalue weighted by Crippen LogP contribution is 2.20. The zero-order valence-electron chi connectivity index (χ0n) is 18.2. The zero-order chi connectivity index (χ0) is 23.3. The molecule has 0 fully saturated rings. The molecule has 0 atom stereocenters. The highest BCUT2D eigenvalue weighted by atomic mass is 16.3. The van der Waals surface area contributed by atoms with E-state index in [9.17, 15) is 9.59 Å². The van der Waals surface area contributed by atoms with E-state index in [1.807, 2.05) is 84.9 Å². The van der Waals surface area contributed by atoms with Crippen molar-refractivity contribution in [1.29, 1.82) is 0 Å². The molecular weight excluding hydrogens is 424 g/mol. The zero-order valence-corrected chi connectivity index (χ0v) is 18.2. The Kier molecular flexibility index (Phi) is 5.87. The van der Waals surface area contributed by atoms with Crippen molar-refractivity contribution in [3.05, 3.63) is 142 Å². The monoisotopic (exact) mass is 444 g/mol. The van der Waals surface area contributed by atoms with Gasteiger partial charge in [-0.05, 0) is 35.4 Å². The predicted octanol–water partition coefficient (Wildman–Crippen LogP) is 6.92. The van der Waals surface area contributed by atoms with Crippen LogP contribution in [0.2, 0.25) is 0 Å². The Bertz CT molecular complexity index is 1550. The number of hydrogen-bond acceptors (Lipinski definition) is 4. The number of rotatable bonds is 2. The van der Waals surface area contributed by atoms with E-state index in [1.165, 1.54) is 12.5 Å². The fraction of sp³-hybridized carbons (Fsp3) is 0. The summed E-state index contributed by atoms with van der Waals surface area (Å²) in [6, 6.07) is 33.6. The highest BCUT2D eigenvalue weighted by molar-refractivity contribution is 5.82. The second-order valence-electron chi connectivity index (χ2n) is 7.68. The van der Waals surface area contributed by atoms with E-state index in [2.05, 4.69) is 0 Å². The third-order valence-electron chi connectivity index (χ3n) is 5.53. The summed E-state index contributed by atoms with van der Waals surface area (Å²) in [6.45, 7) is 0. The van der Waals surface area contributed by atoms with Crippen LogP contribution in [0.15, 0.2) is 140 Å². The van der Waals surface area contributed by atoms with Crippen LogP contribution in [-0.2, 0) is 0 Å². The van der Waals surface area contributed by atoms with Gasteiger partial charge in [0.25, 0.3) is 0 Å². The number of hydrogen-bond donors (Lipinski definition) is 0. The molecule has 2 aromatic heterocycles. The number of fused-ring (bicyclic) bond motifs is 2. The normalized spacial score (nSPS) is 10.6. The van der Waals surface area contributed by atoms with Crippen LogP contribution in [0.5, 0.6) is 0 Å². The number of para-hydroxylation sites is 2. The summed E-state index contributed by atoms with van der Waals surface area (Å²) < 4.78 is 11.0. The smallest absolute Gasteiger partial charge is 0.200 e. The van der Waals surface area contributed by atoms with Gasteiger partial charge in [0.15, 0.2) is 10.9 Å². The lowest BCUT2D eigenvalue weighted by Gasteiger charge is -2.01. The maximum Gasteiger partial charge on any atom is 0.200 e. The summed E-state index contributed by atoms with van der Waals surface area (Å²) in [6.07, 6.45) is 3.06. The molecule has 4 heteroatoms. The summed E-state index contributed by atoms with van der Waals surface area (Å²) in [4.78, 5) is 24.5. The molecule has 0 N–H and O–H groups in total. The molecule has 0 aliphatic carbocycles. The number of benzene rings is 4. The lowest BCUT2D eigenvalue weighted by Crippen LogP contribution is -2.04. The molecule has 6 aromatic rings. The fourth-order valence-corrected chi connectivity index (χ4v) is 3.79. The average Bonchev–Trinajstić information content (AvgIpc) is 2.91. The maximum absolute atomic E-state index is 12.3. The highest BCUT2D eigenvalue weighted by Gasteiger charge is 2.08. The van der Waals surface area contributed by atoms with Gasteiger partial charge in [-0.15, -0.1) is 0 Å². The molecule has 2 heterocycles. The molecule has 4 nitrogen and oxygen atoms in total. The first-order valence-electron chi connectivity index (χ1n) is 10.8. The summed E-state index contributed by atoms with van der Waals surface area (Å²) in [5.74, 6) is 0. The van der Waals surface area contributed by atoms with E-state index in [0.29, 0.717) is 33.1 Å². The second-order valence-corrected chi connectivity index (χ2v) is 7.68. The summed E-state index contributed by atoms with van der Waals surface area (Å²) in [5, 5.41) is 1.24. The molecule has 4 aromatic carbocycles. The molecule has 0 spiro atoms. The largest absolute Gasteiger partial charge is 0.463 e. The third kappa shape index (κ3) is 4.17. The van der Waals surface area contributed by atoms with Crippen molar-refractivity contribution in [2.75, 3.05) is 0 Å². The first-order chi connectivity index (χ1) is 16.7. The molecule has 0 amide bonds. The van der Waals surface area contributed by atoms with Gasteiger partial charge in [-0.2, -0.15) is 0 Å². The van der Waals surface area contributed by atoms with E-state index in [1.54, 1.807) is 24.3 Å². The van der Waals surface area contributed by atoms with Crippen LogP contribution >= 0.6 is 0 Å². The topological polar surface area (TPSA) is 60.4 Å². The average molecular weight is 444 g/mol. The molecule has 0 bridgehead atoms. The predicted molar refractivity (Wildman–Crippen MR) is 136 cm³/mol. The Morgan fingerprint density at radius 3 is 1.18 bits per heavy atom. The van der Waals surface area contributed by atoms with Gasteiger partial charge in [-0.1, -0.05) is 84.9 Å². The summed E-state index contributed by atoms with van der Waals surface area (Å²) >= 11 is 0. The van der Waals surface area contributed by atoms with Crippen LogP contribution in [0.25, 0.3) is 44.2 Å². The van der Waals surface area contributed by atoms with Crippen molar-refractivity contribution in [3.8, 4) is 22.3 Å². The van der Waals surface area contributed by atoms with Crippen LogP contribution in [0.4, 0.5) is 0 Å². The summed E-state index contributed by atoms with van der Waals surface area (Å²) in [5.41, 5.74) is 4.23. The summed E-state index contributed by atoms with van der Waals surface area (Å²) in [7, 11) is 0. The van der Waals surface area contributed by atoms with Gasteiger partial charge in [-0.3, -0.25) is 9.59 Å². The van der Waals surface area contributed by atoms with Crippen LogP contribution in [-0.4, -0.2) is 0 Å². The van der Waals surface area contributed by atoms with E-state index in [-0.39, 0.29) is 10.9 Å². The van der Waals surface area contributed by atoms with Crippen molar-refractivity contribution in [3.63, 3.8) is 0 Å². The van der Waals surface area contributed by atoms with Crippen LogP contribution in [0, 0.1) is 0 Å². The minimum atomic E-state index is 0.0121. The van der Waals surface area contributed by atoms with Crippen molar-refractivity contribution in [2.45, 2.75) is 0 Å². The van der Waals surface area contributed by atoms with E-state index >= 15 is 0 Å². The first-order valence-corrected chi connectivity index (χ1v) is 10.8. The Balaban J connectivity index is 0.000000142. The van der Waals surface area contributed by atoms with Gasteiger partial charge in [0, 0.05) is 0 Å². The molecule has 0 radical (unpaired) electrons. The molecular formula is C30H20O4. The molecule has 0 unspecified atom stereocenters. The van der Waals surface area contributed by atoms with E-state index in [0.717, 1.165) is 11.1 Å². The Hall–Kier alpha value is -4.70. The SMILES string of the molecule is O=c1c(-c2ccccc2)coc2ccccc12.O=c1c(-c2ccccc2)coc2ccccc12. The van der Waals surface area contributed by atoms with Crippen molar-refractivity contribution in [1.82, 2.24) is 0 Å². The quantitative estimate of drug-likeness (QED) is 0.291. The molecule has 6 rings (SSSR count). The van der Waals surface area contributed by atoms with Gasteiger partial charge < -0.3 is 8.83 Å². The van der Waals surface area contributed by atoms with Gasteiger partial charge in [0.05, 0.1) is 21.9 Å². The van der Waals surface area contributed by atoms with Gasteiger partial charge >= 0.3 is 0 Å². The van der Waals surface area contributed by atoms with Crippen molar-refractivity contribution < 1.29 is 8.83 Å². The lowest BCUT2D eigenvalue weighted by atomic mass is 10.1. The second kappa shape index (κ2) is 9.43. The molecule has 0 aliphatic rings. The third-order valence-corrected chi connectivity index (χ3v) is 5.53. The molecule has 0 saturated carbocycles. The Labute approximate surface area is 195 Å². The van der Waals surface area contributed by atoms with Crippen molar-refractivity contribution >= 4 is 21.9 Å². The van der Waals surface area contributed by atoms with Crippen LogP contribution in [0.3, 0.4) is 0 Å². The van der Waals surface area contributed by atoms with Crippen LogP contribution < -0.4 is 10.9 Å². The molecule has 0 aliphatic heterocycles. The van der Waals surface area contributed by atoms with Gasteiger partial charge in [0.1, 0.15) is 23.7 Å². The Morgan fingerprint density at radius 2 is 0.765 bits per heavy atom. The molecule has 34 heavy (non-hydrogen) atoms. The minimum absolute atomic E-state index is 0.0121. The molecule has 0 saturated heterocycles. The standard InChI is InChI=1S/2C15H10O2/c2*16-15-12-8-4-5-9-14(12)17-10-13(15)11-6-2-1-3-7-11/h2*1-10H. The van der Waals surface area contributed by atoms with E-state index in [4.69, 9.17) is 8.83 Å². The maximum atomic E-state index is 12.3. The Morgan fingerprint density at radius 1 is 0.412 bits per heavy atom. The van der Waals surface area contributed by atoms with E-state index < -0.39 is 0 Å². The van der Waals surface area contributed by atoms with Gasteiger partial charge in [0.2, 0.25) is 0 Å². The first kappa shape index (κ1) is 21.2. The van der Waals surface area contributed by atoms with Crippen molar-refractivity contribution in [2.24, 2.45) is 0 Å². The molecule has 164 valence electrons. The lowest BCUT2D eigenvalue weighted by molar-refractivity contribution is 0.604. The minimum Gasteiger partial charge on any atom is -0.463 e.